The molecule has 1 aromatic carbocycles. The maximum Gasteiger partial charge on any atom is 0.0458 e. The molecule has 0 aliphatic carbocycles. The predicted octanol–water partition coefficient (Wildman–Crippen LogP) is 2.94. The third kappa shape index (κ3) is 1.54. The third-order valence-electron chi connectivity index (χ3n) is 3.71. The van der Waals surface area contributed by atoms with Gasteiger partial charge in [-0.15, -0.1) is 0 Å². The average molecular weight is 214 g/mol. The molecule has 0 unspecified atom stereocenters. The molecule has 0 spiro atoms. The van der Waals surface area contributed by atoms with E-state index in [4.69, 9.17) is 0 Å². The van der Waals surface area contributed by atoms with E-state index in [1.165, 1.54) is 41.5 Å². The Kier molecular flexibility index (Phi) is 2.44. The highest BCUT2D eigenvalue weighted by atomic mass is 14.9. The van der Waals surface area contributed by atoms with E-state index in [2.05, 4.69) is 41.5 Å². The van der Waals surface area contributed by atoms with E-state index in [1.807, 2.05) is 0 Å². The normalized spacial score (nSPS) is 21.4. The van der Waals surface area contributed by atoms with Crippen LogP contribution in [0.2, 0.25) is 0 Å². The summed E-state index contributed by atoms with van der Waals surface area (Å²) in [6.07, 6.45) is 2.60. The summed E-state index contributed by atoms with van der Waals surface area (Å²) in [6.45, 7) is 4.53. The van der Waals surface area contributed by atoms with Crippen LogP contribution in [0.15, 0.2) is 24.3 Å². The zero-order valence-corrected chi connectivity index (χ0v) is 9.72. The fourth-order valence-electron chi connectivity index (χ4n) is 2.81. The molecule has 2 aromatic rings. The van der Waals surface area contributed by atoms with Gasteiger partial charge < -0.3 is 10.3 Å². The summed E-state index contributed by atoms with van der Waals surface area (Å²) in [5.74, 6) is 0.668. The number of hydrogen-bond donors (Lipinski definition) is 2. The van der Waals surface area contributed by atoms with Crippen molar-refractivity contribution < 1.29 is 0 Å². The first-order valence-corrected chi connectivity index (χ1v) is 6.14. The van der Waals surface area contributed by atoms with Crippen LogP contribution in [0, 0.1) is 6.92 Å². The first kappa shape index (κ1) is 9.91. The van der Waals surface area contributed by atoms with E-state index in [0.29, 0.717) is 5.92 Å². The Hall–Kier alpha value is -1.28. The molecule has 3 rings (SSSR count). The summed E-state index contributed by atoms with van der Waals surface area (Å²) in [5.41, 5.74) is 4.15. The number of aromatic amines is 1. The monoisotopic (exact) mass is 214 g/mol. The number of piperidine rings is 1. The van der Waals surface area contributed by atoms with Crippen LogP contribution in [-0.2, 0) is 0 Å². The molecule has 1 aliphatic rings. The minimum atomic E-state index is 0.668. The molecule has 16 heavy (non-hydrogen) atoms. The van der Waals surface area contributed by atoms with Crippen LogP contribution in [0.5, 0.6) is 0 Å². The molecule has 0 amide bonds. The number of nitrogens with one attached hydrogen (secondary N) is 2. The Morgan fingerprint density at radius 2 is 2.12 bits per heavy atom. The second-order valence-corrected chi connectivity index (χ2v) is 4.75. The first-order valence-electron chi connectivity index (χ1n) is 6.14. The number of fused-ring (bicyclic) bond motifs is 1. The van der Waals surface area contributed by atoms with Gasteiger partial charge in [0.2, 0.25) is 0 Å². The lowest BCUT2D eigenvalue weighted by atomic mass is 9.93. The van der Waals surface area contributed by atoms with Crippen LogP contribution in [0.4, 0.5) is 0 Å². The largest absolute Gasteiger partial charge is 0.358 e. The van der Waals surface area contributed by atoms with Gasteiger partial charge >= 0.3 is 0 Å². The molecule has 84 valence electrons. The molecule has 1 atom stereocenters. The topological polar surface area (TPSA) is 27.8 Å². The number of rotatable bonds is 1. The summed E-state index contributed by atoms with van der Waals surface area (Å²) < 4.78 is 0. The van der Waals surface area contributed by atoms with Crippen molar-refractivity contribution in [2.75, 3.05) is 13.1 Å². The van der Waals surface area contributed by atoms with Crippen LogP contribution in [0.3, 0.4) is 0 Å². The quantitative estimate of drug-likeness (QED) is 0.750. The van der Waals surface area contributed by atoms with Crippen molar-refractivity contribution in [1.82, 2.24) is 10.3 Å². The number of benzene rings is 1. The molecule has 2 nitrogen and oxygen atoms in total. The van der Waals surface area contributed by atoms with Gasteiger partial charge in [0.1, 0.15) is 0 Å². The van der Waals surface area contributed by atoms with Crippen LogP contribution in [0.25, 0.3) is 10.9 Å². The molecule has 0 radical (unpaired) electrons. The highest BCUT2D eigenvalue weighted by Crippen LogP contribution is 2.30. The minimum absolute atomic E-state index is 0.668. The molecule has 0 saturated carbocycles. The van der Waals surface area contributed by atoms with E-state index in [0.717, 1.165) is 6.54 Å². The molecule has 1 aromatic heterocycles. The molecule has 0 bridgehead atoms. The van der Waals surface area contributed by atoms with E-state index < -0.39 is 0 Å². The maximum atomic E-state index is 3.59. The molecule has 1 aliphatic heterocycles. The molecule has 2 heterocycles. The number of H-pyrrole nitrogens is 1. The Labute approximate surface area is 96.1 Å². The van der Waals surface area contributed by atoms with E-state index in [-0.39, 0.29) is 0 Å². The van der Waals surface area contributed by atoms with Crippen LogP contribution in [0.1, 0.15) is 30.0 Å². The number of para-hydroxylation sites is 1. The van der Waals surface area contributed by atoms with Crippen molar-refractivity contribution in [3.63, 3.8) is 0 Å². The Morgan fingerprint density at radius 3 is 2.88 bits per heavy atom. The Morgan fingerprint density at radius 1 is 1.25 bits per heavy atom. The van der Waals surface area contributed by atoms with Gasteiger partial charge in [-0.1, -0.05) is 18.2 Å². The van der Waals surface area contributed by atoms with Gasteiger partial charge in [0.15, 0.2) is 0 Å². The molecular formula is C14H18N2. The zero-order chi connectivity index (χ0) is 11.0. The van der Waals surface area contributed by atoms with Gasteiger partial charge in [0, 0.05) is 29.1 Å². The molecule has 1 fully saturated rings. The summed E-state index contributed by atoms with van der Waals surface area (Å²) in [7, 11) is 0. The Bertz CT molecular complexity index is 492. The fourth-order valence-corrected chi connectivity index (χ4v) is 2.81. The second-order valence-electron chi connectivity index (χ2n) is 4.75. The summed E-state index contributed by atoms with van der Waals surface area (Å²) in [4.78, 5) is 3.59. The second kappa shape index (κ2) is 3.95. The van der Waals surface area contributed by atoms with Gasteiger partial charge in [-0.05, 0) is 37.9 Å². The van der Waals surface area contributed by atoms with E-state index in [1.54, 1.807) is 0 Å². The van der Waals surface area contributed by atoms with E-state index >= 15 is 0 Å². The number of aromatic nitrogens is 1. The zero-order valence-electron chi connectivity index (χ0n) is 9.72. The van der Waals surface area contributed by atoms with Crippen molar-refractivity contribution in [2.45, 2.75) is 25.7 Å². The summed E-state index contributed by atoms with van der Waals surface area (Å²) in [6, 6.07) is 8.59. The lowest BCUT2D eigenvalue weighted by molar-refractivity contribution is 0.455. The van der Waals surface area contributed by atoms with Crippen molar-refractivity contribution >= 4 is 10.9 Å². The van der Waals surface area contributed by atoms with Crippen molar-refractivity contribution in [1.29, 1.82) is 0 Å². The van der Waals surface area contributed by atoms with Gasteiger partial charge in [0.05, 0.1) is 0 Å². The minimum Gasteiger partial charge on any atom is -0.358 e. The number of hydrogen-bond acceptors (Lipinski definition) is 1. The molecular weight excluding hydrogens is 196 g/mol. The maximum absolute atomic E-state index is 3.59. The lowest BCUT2D eigenvalue weighted by Gasteiger charge is -2.22. The first-order chi connectivity index (χ1) is 7.86. The fraction of sp³-hybridized carbons (Fsp3) is 0.429. The van der Waals surface area contributed by atoms with Gasteiger partial charge in [0.25, 0.3) is 0 Å². The third-order valence-corrected chi connectivity index (χ3v) is 3.71. The average Bonchev–Trinajstić information content (AvgIpc) is 2.69. The van der Waals surface area contributed by atoms with Gasteiger partial charge in [-0.25, -0.2) is 0 Å². The van der Waals surface area contributed by atoms with Crippen LogP contribution in [-0.4, -0.2) is 18.1 Å². The highest BCUT2D eigenvalue weighted by Gasteiger charge is 2.19. The van der Waals surface area contributed by atoms with Crippen molar-refractivity contribution in [3.8, 4) is 0 Å². The molecule has 1 saturated heterocycles. The summed E-state index contributed by atoms with van der Waals surface area (Å²) in [5, 5.41) is 4.86. The SMILES string of the molecule is Cc1c([C@@H]2CCCNC2)[nH]c2ccccc12. The van der Waals surface area contributed by atoms with Crippen molar-refractivity contribution in [3.05, 3.63) is 35.5 Å². The molecule has 2 heteroatoms. The van der Waals surface area contributed by atoms with Crippen LogP contribution >= 0.6 is 0 Å². The number of aryl methyl sites for hydroxylation is 1. The van der Waals surface area contributed by atoms with E-state index in [9.17, 15) is 0 Å². The standard InChI is InChI=1S/C14H18N2/c1-10-12-6-2-3-7-13(12)16-14(10)11-5-4-8-15-9-11/h2-3,6-7,11,15-16H,4-5,8-9H2,1H3/t11-/m1/s1. The predicted molar refractivity (Wildman–Crippen MR) is 67.9 cm³/mol. The smallest absolute Gasteiger partial charge is 0.0458 e. The summed E-state index contributed by atoms with van der Waals surface area (Å²) >= 11 is 0. The van der Waals surface area contributed by atoms with Gasteiger partial charge in [-0.2, -0.15) is 0 Å². The van der Waals surface area contributed by atoms with Gasteiger partial charge in [-0.3, -0.25) is 0 Å². The molecule has 2 N–H and O–H groups in total. The van der Waals surface area contributed by atoms with Crippen molar-refractivity contribution in [2.24, 2.45) is 0 Å². The lowest BCUT2D eigenvalue weighted by Crippen LogP contribution is -2.28. The van der Waals surface area contributed by atoms with Crippen LogP contribution < -0.4 is 5.32 Å². The Balaban J connectivity index is 2.05. The highest BCUT2D eigenvalue weighted by molar-refractivity contribution is 5.84.